The highest BCUT2D eigenvalue weighted by molar-refractivity contribution is 6.32. The van der Waals surface area contributed by atoms with Crippen LogP contribution in [-0.2, 0) is 6.42 Å². The molecule has 0 heterocycles. The van der Waals surface area contributed by atoms with Crippen molar-refractivity contribution in [1.82, 2.24) is 0 Å². The number of benzene rings is 2. The molecule has 0 N–H and O–H groups in total. The van der Waals surface area contributed by atoms with Crippen LogP contribution in [0.25, 0.3) is 11.1 Å². The third kappa shape index (κ3) is 4.78. The Labute approximate surface area is 139 Å². The standard InChI is InChI=1S/C20H25ClO/c1-3-4-5-6-7-8-16-9-11-17(12-10-16)18-13-14-20(22-2)19(21)15-18/h9-15H,3-8H2,1-2H3. The molecular weight excluding hydrogens is 292 g/mol. The molecule has 0 atom stereocenters. The van der Waals surface area contributed by atoms with Crippen LogP contribution in [0.4, 0.5) is 0 Å². The van der Waals surface area contributed by atoms with Gasteiger partial charge in [0.1, 0.15) is 5.75 Å². The lowest BCUT2D eigenvalue weighted by molar-refractivity contribution is 0.415. The van der Waals surface area contributed by atoms with Crippen LogP contribution in [0.1, 0.15) is 44.6 Å². The Hall–Kier alpha value is -1.47. The number of ether oxygens (including phenoxy) is 1. The highest BCUT2D eigenvalue weighted by atomic mass is 35.5. The summed E-state index contributed by atoms with van der Waals surface area (Å²) in [5.41, 5.74) is 3.74. The van der Waals surface area contributed by atoms with Crippen molar-refractivity contribution in [2.45, 2.75) is 45.4 Å². The fourth-order valence-corrected chi connectivity index (χ4v) is 2.90. The summed E-state index contributed by atoms with van der Waals surface area (Å²) < 4.78 is 5.20. The summed E-state index contributed by atoms with van der Waals surface area (Å²) in [6.45, 7) is 2.25. The average Bonchev–Trinajstić information content (AvgIpc) is 2.55. The molecule has 0 aliphatic rings. The van der Waals surface area contributed by atoms with Crippen molar-refractivity contribution in [3.8, 4) is 16.9 Å². The van der Waals surface area contributed by atoms with E-state index in [0.717, 1.165) is 5.56 Å². The summed E-state index contributed by atoms with van der Waals surface area (Å²) in [7, 11) is 1.64. The van der Waals surface area contributed by atoms with Gasteiger partial charge in [-0.05, 0) is 41.7 Å². The van der Waals surface area contributed by atoms with Gasteiger partial charge in [0.25, 0.3) is 0 Å². The zero-order valence-electron chi connectivity index (χ0n) is 13.6. The monoisotopic (exact) mass is 316 g/mol. The van der Waals surface area contributed by atoms with Crippen LogP contribution in [0, 0.1) is 0 Å². The zero-order valence-corrected chi connectivity index (χ0v) is 14.3. The predicted molar refractivity (Wildman–Crippen MR) is 95.9 cm³/mol. The molecule has 0 aromatic heterocycles. The molecule has 2 heteroatoms. The maximum Gasteiger partial charge on any atom is 0.137 e. The lowest BCUT2D eigenvalue weighted by Gasteiger charge is -2.07. The van der Waals surface area contributed by atoms with Gasteiger partial charge in [0, 0.05) is 0 Å². The SMILES string of the molecule is CCCCCCCc1ccc(-c2ccc(OC)c(Cl)c2)cc1. The molecule has 2 aromatic carbocycles. The fraction of sp³-hybridized carbons (Fsp3) is 0.400. The summed E-state index contributed by atoms with van der Waals surface area (Å²) in [5.74, 6) is 0.717. The van der Waals surface area contributed by atoms with Crippen molar-refractivity contribution in [3.63, 3.8) is 0 Å². The minimum Gasteiger partial charge on any atom is -0.495 e. The Morgan fingerprint density at radius 3 is 2.18 bits per heavy atom. The fourth-order valence-electron chi connectivity index (χ4n) is 2.64. The second-order valence-corrected chi connectivity index (χ2v) is 6.12. The van der Waals surface area contributed by atoms with Gasteiger partial charge in [0.2, 0.25) is 0 Å². The molecule has 0 unspecified atom stereocenters. The van der Waals surface area contributed by atoms with E-state index in [4.69, 9.17) is 16.3 Å². The van der Waals surface area contributed by atoms with Crippen LogP contribution < -0.4 is 4.74 Å². The lowest BCUT2D eigenvalue weighted by Crippen LogP contribution is -1.88. The summed E-state index contributed by atoms with van der Waals surface area (Å²) in [4.78, 5) is 0. The van der Waals surface area contributed by atoms with Gasteiger partial charge in [-0.1, -0.05) is 74.5 Å². The molecule has 1 nitrogen and oxygen atoms in total. The van der Waals surface area contributed by atoms with Crippen LogP contribution in [0.15, 0.2) is 42.5 Å². The first kappa shape index (κ1) is 16.9. The molecule has 2 rings (SSSR count). The topological polar surface area (TPSA) is 9.23 Å². The van der Waals surface area contributed by atoms with Crippen molar-refractivity contribution < 1.29 is 4.74 Å². The van der Waals surface area contributed by atoms with Gasteiger partial charge in [-0.3, -0.25) is 0 Å². The normalized spacial score (nSPS) is 10.7. The van der Waals surface area contributed by atoms with Crippen molar-refractivity contribution >= 4 is 11.6 Å². The molecule has 0 saturated heterocycles. The summed E-state index contributed by atoms with van der Waals surface area (Å²) >= 11 is 6.20. The first-order chi connectivity index (χ1) is 10.7. The molecule has 22 heavy (non-hydrogen) atoms. The van der Waals surface area contributed by atoms with Crippen molar-refractivity contribution in [1.29, 1.82) is 0 Å². The average molecular weight is 317 g/mol. The van der Waals surface area contributed by atoms with Crippen molar-refractivity contribution in [2.75, 3.05) is 7.11 Å². The highest BCUT2D eigenvalue weighted by Gasteiger charge is 2.04. The molecule has 0 amide bonds. The van der Waals surface area contributed by atoms with E-state index in [1.54, 1.807) is 7.11 Å². The molecule has 0 bridgehead atoms. The van der Waals surface area contributed by atoms with Crippen LogP contribution in [0.2, 0.25) is 5.02 Å². The van der Waals surface area contributed by atoms with Gasteiger partial charge in [-0.15, -0.1) is 0 Å². The number of methoxy groups -OCH3 is 1. The molecular formula is C20H25ClO. The number of hydrogen-bond donors (Lipinski definition) is 0. The lowest BCUT2D eigenvalue weighted by atomic mass is 10.0. The number of aryl methyl sites for hydroxylation is 1. The van der Waals surface area contributed by atoms with E-state index in [0.29, 0.717) is 10.8 Å². The van der Waals surface area contributed by atoms with Gasteiger partial charge in [0.15, 0.2) is 0 Å². The summed E-state index contributed by atoms with van der Waals surface area (Å²) in [5, 5.41) is 0.653. The van der Waals surface area contributed by atoms with E-state index >= 15 is 0 Å². The predicted octanol–water partition coefficient (Wildman–Crippen LogP) is 6.53. The quantitative estimate of drug-likeness (QED) is 0.503. The van der Waals surface area contributed by atoms with Crippen LogP contribution in [0.3, 0.4) is 0 Å². The van der Waals surface area contributed by atoms with E-state index in [2.05, 4.69) is 31.2 Å². The van der Waals surface area contributed by atoms with Gasteiger partial charge >= 0.3 is 0 Å². The highest BCUT2D eigenvalue weighted by Crippen LogP contribution is 2.30. The molecule has 0 fully saturated rings. The molecule has 0 saturated carbocycles. The third-order valence-corrected chi connectivity index (χ3v) is 4.30. The molecule has 2 aromatic rings. The van der Waals surface area contributed by atoms with Gasteiger partial charge in [-0.2, -0.15) is 0 Å². The summed E-state index contributed by atoms with van der Waals surface area (Å²) in [6.07, 6.45) is 7.82. The second kappa shape index (κ2) is 8.85. The van der Waals surface area contributed by atoms with Crippen molar-refractivity contribution in [2.24, 2.45) is 0 Å². The van der Waals surface area contributed by atoms with Crippen molar-refractivity contribution in [3.05, 3.63) is 53.1 Å². The molecule has 0 aliphatic carbocycles. The number of halogens is 1. The Morgan fingerprint density at radius 2 is 1.55 bits per heavy atom. The Bertz CT molecular complexity index is 575. The van der Waals surface area contributed by atoms with E-state index < -0.39 is 0 Å². The molecule has 0 aliphatic heterocycles. The first-order valence-electron chi connectivity index (χ1n) is 8.17. The van der Waals surface area contributed by atoms with E-state index in [1.807, 2.05) is 18.2 Å². The minimum atomic E-state index is 0.653. The Morgan fingerprint density at radius 1 is 0.864 bits per heavy atom. The van der Waals surface area contributed by atoms with Gasteiger partial charge < -0.3 is 4.74 Å². The third-order valence-electron chi connectivity index (χ3n) is 4.01. The molecule has 0 radical (unpaired) electrons. The number of hydrogen-bond acceptors (Lipinski definition) is 1. The smallest absolute Gasteiger partial charge is 0.137 e. The van der Waals surface area contributed by atoms with E-state index in [-0.39, 0.29) is 0 Å². The Kier molecular flexibility index (Phi) is 6.79. The van der Waals surface area contributed by atoms with E-state index in [1.165, 1.54) is 49.7 Å². The number of unbranched alkanes of at least 4 members (excludes halogenated alkanes) is 4. The minimum absolute atomic E-state index is 0.653. The van der Waals surface area contributed by atoms with Crippen LogP contribution in [-0.4, -0.2) is 7.11 Å². The zero-order chi connectivity index (χ0) is 15.8. The van der Waals surface area contributed by atoms with Gasteiger partial charge in [0.05, 0.1) is 12.1 Å². The Balaban J connectivity index is 1.95. The summed E-state index contributed by atoms with van der Waals surface area (Å²) in [6, 6.07) is 14.7. The second-order valence-electron chi connectivity index (χ2n) is 5.71. The van der Waals surface area contributed by atoms with Crippen LogP contribution >= 0.6 is 11.6 Å². The van der Waals surface area contributed by atoms with E-state index in [9.17, 15) is 0 Å². The maximum absolute atomic E-state index is 6.20. The molecule has 0 spiro atoms. The first-order valence-corrected chi connectivity index (χ1v) is 8.55. The van der Waals surface area contributed by atoms with Gasteiger partial charge in [-0.25, -0.2) is 0 Å². The largest absolute Gasteiger partial charge is 0.495 e. The molecule has 118 valence electrons. The number of rotatable bonds is 8. The van der Waals surface area contributed by atoms with Crippen LogP contribution in [0.5, 0.6) is 5.75 Å². The maximum atomic E-state index is 6.20.